The van der Waals surface area contributed by atoms with E-state index in [1.165, 1.54) is 45.3 Å². The second-order valence-electron chi connectivity index (χ2n) is 5.35. The summed E-state index contributed by atoms with van der Waals surface area (Å²) >= 11 is 0. The molecule has 0 amide bonds. The predicted octanol–water partition coefficient (Wildman–Crippen LogP) is 0.849. The molecule has 3 rings (SSSR count). The van der Waals surface area contributed by atoms with Gasteiger partial charge in [0, 0.05) is 25.2 Å². The van der Waals surface area contributed by atoms with Crippen molar-refractivity contribution >= 4 is 0 Å². The maximum atomic E-state index is 5.37. The predicted molar refractivity (Wildman–Crippen MR) is 59.9 cm³/mol. The molecule has 1 N–H and O–H groups in total. The van der Waals surface area contributed by atoms with Crippen molar-refractivity contribution in [2.45, 2.75) is 37.8 Å². The Bertz CT molecular complexity index is 212. The summed E-state index contributed by atoms with van der Waals surface area (Å²) < 4.78 is 5.37. The molecule has 3 fully saturated rings. The smallest absolute Gasteiger partial charge is 0.0620 e. The van der Waals surface area contributed by atoms with Gasteiger partial charge in [-0.05, 0) is 44.7 Å². The number of hydrogen-bond acceptors (Lipinski definition) is 3. The monoisotopic (exact) mass is 210 g/mol. The van der Waals surface area contributed by atoms with Crippen molar-refractivity contribution in [3.05, 3.63) is 0 Å². The summed E-state index contributed by atoms with van der Waals surface area (Å²) in [6, 6.07) is 1.60. The van der Waals surface area contributed by atoms with E-state index in [0.29, 0.717) is 6.04 Å². The number of ether oxygens (including phenoxy) is 1. The first-order chi connectivity index (χ1) is 7.42. The van der Waals surface area contributed by atoms with Crippen LogP contribution in [-0.4, -0.2) is 49.8 Å². The fourth-order valence-corrected chi connectivity index (χ4v) is 2.83. The molecule has 3 heteroatoms. The SMILES string of the molecule is C1CC(NCC2CCN(C3CC3)C2)CO1. The van der Waals surface area contributed by atoms with Gasteiger partial charge in [0.1, 0.15) is 0 Å². The Morgan fingerprint density at radius 1 is 1.20 bits per heavy atom. The Hall–Kier alpha value is -0.120. The van der Waals surface area contributed by atoms with Gasteiger partial charge in [-0.1, -0.05) is 0 Å². The summed E-state index contributed by atoms with van der Waals surface area (Å²) in [6.45, 7) is 5.77. The molecule has 1 saturated carbocycles. The van der Waals surface area contributed by atoms with Gasteiger partial charge in [0.25, 0.3) is 0 Å². The first kappa shape index (κ1) is 10.1. The topological polar surface area (TPSA) is 24.5 Å². The molecule has 2 saturated heterocycles. The average molecular weight is 210 g/mol. The zero-order valence-corrected chi connectivity index (χ0v) is 9.45. The van der Waals surface area contributed by atoms with Crippen molar-refractivity contribution in [3.8, 4) is 0 Å². The third kappa shape index (κ3) is 2.52. The highest BCUT2D eigenvalue weighted by atomic mass is 16.5. The van der Waals surface area contributed by atoms with Crippen LogP contribution in [0, 0.1) is 5.92 Å². The van der Waals surface area contributed by atoms with Crippen molar-refractivity contribution in [2.75, 3.05) is 32.8 Å². The Kier molecular flexibility index (Phi) is 2.95. The van der Waals surface area contributed by atoms with E-state index in [-0.39, 0.29) is 0 Å². The third-order valence-electron chi connectivity index (χ3n) is 4.01. The maximum Gasteiger partial charge on any atom is 0.0620 e. The van der Waals surface area contributed by atoms with Gasteiger partial charge < -0.3 is 15.0 Å². The summed E-state index contributed by atoms with van der Waals surface area (Å²) in [7, 11) is 0. The van der Waals surface area contributed by atoms with E-state index in [1.54, 1.807) is 0 Å². The van der Waals surface area contributed by atoms with Crippen LogP contribution in [0.4, 0.5) is 0 Å². The van der Waals surface area contributed by atoms with Gasteiger partial charge >= 0.3 is 0 Å². The van der Waals surface area contributed by atoms with Gasteiger partial charge in [-0.15, -0.1) is 0 Å². The molecular formula is C12H22N2O. The van der Waals surface area contributed by atoms with Crippen LogP contribution >= 0.6 is 0 Å². The normalized spacial score (nSPS) is 37.6. The van der Waals surface area contributed by atoms with Crippen LogP contribution in [0.2, 0.25) is 0 Å². The molecule has 2 aliphatic heterocycles. The number of hydrogen-bond donors (Lipinski definition) is 1. The average Bonchev–Trinajstić information content (AvgIpc) is 2.82. The van der Waals surface area contributed by atoms with E-state index in [9.17, 15) is 0 Å². The Morgan fingerprint density at radius 2 is 2.13 bits per heavy atom. The first-order valence-electron chi connectivity index (χ1n) is 6.47. The minimum atomic E-state index is 0.639. The second-order valence-corrected chi connectivity index (χ2v) is 5.35. The van der Waals surface area contributed by atoms with E-state index in [2.05, 4.69) is 10.2 Å². The van der Waals surface area contributed by atoms with Crippen LogP contribution in [0.3, 0.4) is 0 Å². The molecule has 2 unspecified atom stereocenters. The standard InChI is InChI=1S/C12H22N2O/c1-2-12(1)14-5-3-10(8-14)7-13-11-4-6-15-9-11/h10-13H,1-9H2. The highest BCUT2D eigenvalue weighted by molar-refractivity contribution is 4.90. The van der Waals surface area contributed by atoms with Gasteiger partial charge in [-0.3, -0.25) is 0 Å². The molecule has 15 heavy (non-hydrogen) atoms. The molecule has 86 valence electrons. The van der Waals surface area contributed by atoms with Crippen LogP contribution < -0.4 is 5.32 Å². The van der Waals surface area contributed by atoms with Crippen molar-refractivity contribution in [3.63, 3.8) is 0 Å². The zero-order valence-electron chi connectivity index (χ0n) is 9.45. The summed E-state index contributed by atoms with van der Waals surface area (Å²) in [5.41, 5.74) is 0. The second kappa shape index (κ2) is 4.40. The quantitative estimate of drug-likeness (QED) is 0.744. The van der Waals surface area contributed by atoms with Gasteiger partial charge in [-0.25, -0.2) is 0 Å². The molecule has 2 atom stereocenters. The fourth-order valence-electron chi connectivity index (χ4n) is 2.83. The summed E-state index contributed by atoms with van der Waals surface area (Å²) in [5.74, 6) is 0.895. The molecule has 1 aliphatic carbocycles. The lowest BCUT2D eigenvalue weighted by Crippen LogP contribution is -2.34. The Labute approximate surface area is 92.2 Å². The highest BCUT2D eigenvalue weighted by Crippen LogP contribution is 2.31. The van der Waals surface area contributed by atoms with E-state index < -0.39 is 0 Å². The molecular weight excluding hydrogens is 188 g/mol. The summed E-state index contributed by atoms with van der Waals surface area (Å²) in [6.07, 6.45) is 5.52. The molecule has 3 aliphatic rings. The number of rotatable bonds is 4. The van der Waals surface area contributed by atoms with Crippen LogP contribution in [-0.2, 0) is 4.74 Å². The zero-order chi connectivity index (χ0) is 10.1. The Balaban J connectivity index is 1.37. The van der Waals surface area contributed by atoms with Crippen LogP contribution in [0.25, 0.3) is 0 Å². The number of nitrogens with zero attached hydrogens (tertiary/aromatic N) is 1. The van der Waals surface area contributed by atoms with E-state index in [1.807, 2.05) is 0 Å². The molecule has 2 heterocycles. The minimum Gasteiger partial charge on any atom is -0.380 e. The lowest BCUT2D eigenvalue weighted by molar-refractivity contribution is 0.189. The highest BCUT2D eigenvalue weighted by Gasteiger charge is 2.34. The molecule has 0 radical (unpaired) electrons. The van der Waals surface area contributed by atoms with Gasteiger partial charge in [0.15, 0.2) is 0 Å². The van der Waals surface area contributed by atoms with Crippen LogP contribution in [0.5, 0.6) is 0 Å². The lowest BCUT2D eigenvalue weighted by atomic mass is 10.1. The summed E-state index contributed by atoms with van der Waals surface area (Å²) in [5, 5.41) is 3.65. The number of nitrogens with one attached hydrogen (secondary N) is 1. The maximum absolute atomic E-state index is 5.37. The van der Waals surface area contributed by atoms with Crippen molar-refractivity contribution < 1.29 is 4.74 Å². The van der Waals surface area contributed by atoms with Gasteiger partial charge in [0.05, 0.1) is 6.61 Å². The van der Waals surface area contributed by atoms with E-state index in [0.717, 1.165) is 25.2 Å². The van der Waals surface area contributed by atoms with Crippen LogP contribution in [0.1, 0.15) is 25.7 Å². The largest absolute Gasteiger partial charge is 0.380 e. The first-order valence-corrected chi connectivity index (χ1v) is 6.47. The van der Waals surface area contributed by atoms with Crippen molar-refractivity contribution in [2.24, 2.45) is 5.92 Å². The Morgan fingerprint density at radius 3 is 2.87 bits per heavy atom. The molecule has 0 aromatic rings. The fraction of sp³-hybridized carbons (Fsp3) is 1.00. The van der Waals surface area contributed by atoms with Crippen molar-refractivity contribution in [1.82, 2.24) is 10.2 Å². The molecule has 0 aromatic heterocycles. The lowest BCUT2D eigenvalue weighted by Gasteiger charge is -2.17. The van der Waals surface area contributed by atoms with E-state index >= 15 is 0 Å². The molecule has 0 aromatic carbocycles. The van der Waals surface area contributed by atoms with Gasteiger partial charge in [-0.2, -0.15) is 0 Å². The van der Waals surface area contributed by atoms with Crippen molar-refractivity contribution in [1.29, 1.82) is 0 Å². The molecule has 0 bridgehead atoms. The number of likely N-dealkylation sites (tertiary alicyclic amines) is 1. The molecule has 0 spiro atoms. The summed E-state index contributed by atoms with van der Waals surface area (Å²) in [4.78, 5) is 2.69. The minimum absolute atomic E-state index is 0.639. The van der Waals surface area contributed by atoms with Crippen LogP contribution in [0.15, 0.2) is 0 Å². The molecule has 3 nitrogen and oxygen atoms in total. The van der Waals surface area contributed by atoms with Gasteiger partial charge in [0.2, 0.25) is 0 Å². The van der Waals surface area contributed by atoms with E-state index in [4.69, 9.17) is 4.74 Å². The third-order valence-corrected chi connectivity index (χ3v) is 4.01.